The van der Waals surface area contributed by atoms with Gasteiger partial charge in [-0.2, -0.15) is 0 Å². The van der Waals surface area contributed by atoms with Crippen molar-refractivity contribution in [3.8, 4) is 0 Å². The fourth-order valence-electron chi connectivity index (χ4n) is 0.991. The van der Waals surface area contributed by atoms with E-state index in [0.29, 0.717) is 11.0 Å². The summed E-state index contributed by atoms with van der Waals surface area (Å²) in [5.41, 5.74) is -0.481. The predicted octanol–water partition coefficient (Wildman–Crippen LogP) is 0.265. The summed E-state index contributed by atoms with van der Waals surface area (Å²) in [6.07, 6.45) is 1.38. The lowest BCUT2D eigenvalue weighted by Crippen LogP contribution is -2.28. The van der Waals surface area contributed by atoms with Crippen molar-refractivity contribution in [2.24, 2.45) is 0 Å². The summed E-state index contributed by atoms with van der Waals surface area (Å²) in [4.78, 5) is 30.2. The lowest BCUT2D eigenvalue weighted by molar-refractivity contribution is 1.13. The zero-order valence-electron chi connectivity index (χ0n) is 6.30. The largest absolute Gasteiger partial charge is 0.316 e. The fraction of sp³-hybridized carbons (Fsp3) is 0. The average molecular weight is 198 g/mol. The third kappa shape index (κ3) is 1.33. The maximum atomic E-state index is 10.9. The molecule has 0 saturated carbocycles. The quantitative estimate of drug-likeness (QED) is 0.470. The van der Waals surface area contributed by atoms with E-state index in [2.05, 4.69) is 15.0 Å². The molecule has 0 amide bonds. The highest BCUT2D eigenvalue weighted by atomic mass is 35.5. The lowest BCUT2D eigenvalue weighted by atomic mass is 10.4. The van der Waals surface area contributed by atoms with Crippen LogP contribution in [0.5, 0.6) is 0 Å². The van der Waals surface area contributed by atoms with Gasteiger partial charge in [0.1, 0.15) is 5.15 Å². The number of rotatable bonds is 0. The van der Waals surface area contributed by atoms with E-state index < -0.39 is 11.1 Å². The molecule has 0 aromatic carbocycles. The maximum Gasteiger partial charge on any atom is 0.314 e. The number of aromatic amines is 2. The van der Waals surface area contributed by atoms with E-state index in [1.807, 2.05) is 0 Å². The van der Waals surface area contributed by atoms with Crippen LogP contribution in [-0.4, -0.2) is 15.0 Å². The Kier molecular flexibility index (Phi) is 1.66. The van der Waals surface area contributed by atoms with Crippen LogP contribution in [0, 0.1) is 0 Å². The summed E-state index contributed by atoms with van der Waals surface area (Å²) < 4.78 is 0. The number of hydrogen-bond acceptors (Lipinski definition) is 3. The van der Waals surface area contributed by atoms with Gasteiger partial charge in [0.25, 0.3) is 0 Å². The Labute approximate surface area is 76.4 Å². The van der Waals surface area contributed by atoms with Crippen molar-refractivity contribution in [3.63, 3.8) is 0 Å². The molecule has 2 N–H and O–H groups in total. The first kappa shape index (κ1) is 8.00. The van der Waals surface area contributed by atoms with Crippen LogP contribution < -0.4 is 11.1 Å². The number of halogens is 1. The molecular formula is C7H4ClN3O2. The molecule has 13 heavy (non-hydrogen) atoms. The van der Waals surface area contributed by atoms with E-state index >= 15 is 0 Å². The van der Waals surface area contributed by atoms with Gasteiger partial charge in [-0.3, -0.25) is 9.59 Å². The molecule has 6 heteroatoms. The van der Waals surface area contributed by atoms with Gasteiger partial charge in [-0.15, -0.1) is 0 Å². The number of aromatic nitrogens is 3. The van der Waals surface area contributed by atoms with Crippen LogP contribution in [0.15, 0.2) is 21.9 Å². The first-order chi connectivity index (χ1) is 6.16. The second-order valence-electron chi connectivity index (χ2n) is 2.46. The molecule has 0 spiro atoms. The Hall–Kier alpha value is -1.62. The molecule has 2 heterocycles. The number of pyridine rings is 1. The Morgan fingerprint density at radius 2 is 1.77 bits per heavy atom. The summed E-state index contributed by atoms with van der Waals surface area (Å²) in [6, 6.07) is 1.47. The summed E-state index contributed by atoms with van der Waals surface area (Å²) in [7, 11) is 0. The molecular weight excluding hydrogens is 194 g/mol. The van der Waals surface area contributed by atoms with Crippen molar-refractivity contribution in [1.82, 2.24) is 15.0 Å². The zero-order valence-corrected chi connectivity index (χ0v) is 7.05. The number of nitrogens with one attached hydrogen (secondary N) is 2. The maximum absolute atomic E-state index is 10.9. The molecule has 0 radical (unpaired) electrons. The van der Waals surface area contributed by atoms with Gasteiger partial charge in [0.05, 0.1) is 17.2 Å². The number of H-pyrrole nitrogens is 2. The zero-order chi connectivity index (χ0) is 9.42. The van der Waals surface area contributed by atoms with Gasteiger partial charge in [0.15, 0.2) is 0 Å². The molecule has 0 fully saturated rings. The van der Waals surface area contributed by atoms with Crippen LogP contribution in [0.3, 0.4) is 0 Å². The second kappa shape index (κ2) is 2.70. The van der Waals surface area contributed by atoms with Gasteiger partial charge in [-0.25, -0.2) is 4.98 Å². The molecule has 0 aliphatic heterocycles. The highest BCUT2D eigenvalue weighted by Crippen LogP contribution is 2.09. The Morgan fingerprint density at radius 1 is 1.15 bits per heavy atom. The van der Waals surface area contributed by atoms with Gasteiger partial charge in [0, 0.05) is 6.07 Å². The number of nitrogens with zero attached hydrogens (tertiary/aromatic N) is 1. The molecule has 5 nitrogen and oxygen atoms in total. The number of hydrogen-bond donors (Lipinski definition) is 2. The van der Waals surface area contributed by atoms with Gasteiger partial charge in [-0.05, 0) is 0 Å². The van der Waals surface area contributed by atoms with Crippen LogP contribution in [0.4, 0.5) is 0 Å². The molecule has 0 bridgehead atoms. The van der Waals surface area contributed by atoms with Gasteiger partial charge >= 0.3 is 11.1 Å². The minimum absolute atomic E-state index is 0.259. The normalized spacial score (nSPS) is 10.5. The molecule has 2 rings (SSSR count). The van der Waals surface area contributed by atoms with E-state index in [4.69, 9.17) is 11.6 Å². The van der Waals surface area contributed by atoms with Crippen LogP contribution in [-0.2, 0) is 0 Å². The topological polar surface area (TPSA) is 78.6 Å². The standard InChI is InChI=1S/C7H4ClN3O2/c8-5-1-3-4(2-9-5)11-7(13)6(12)10-3/h1-2H,(H,10,12)(H,11,13). The van der Waals surface area contributed by atoms with Crippen molar-refractivity contribution in [1.29, 1.82) is 0 Å². The van der Waals surface area contributed by atoms with E-state index in [9.17, 15) is 9.59 Å². The molecule has 0 saturated heterocycles. The minimum Gasteiger partial charge on any atom is -0.316 e. The predicted molar refractivity (Wildman–Crippen MR) is 48.0 cm³/mol. The van der Waals surface area contributed by atoms with Crippen molar-refractivity contribution in [2.75, 3.05) is 0 Å². The monoisotopic (exact) mass is 197 g/mol. The van der Waals surface area contributed by atoms with Crippen molar-refractivity contribution in [2.45, 2.75) is 0 Å². The first-order valence-electron chi connectivity index (χ1n) is 3.45. The summed E-state index contributed by atoms with van der Waals surface area (Å²) >= 11 is 5.59. The number of fused-ring (bicyclic) bond motifs is 1. The highest BCUT2D eigenvalue weighted by Gasteiger charge is 1.99. The average Bonchev–Trinajstić information content (AvgIpc) is 2.08. The van der Waals surface area contributed by atoms with E-state index in [1.54, 1.807) is 0 Å². The lowest BCUT2D eigenvalue weighted by Gasteiger charge is -1.95. The van der Waals surface area contributed by atoms with Crippen LogP contribution in [0.1, 0.15) is 0 Å². The molecule has 0 aliphatic carbocycles. The van der Waals surface area contributed by atoms with E-state index in [1.165, 1.54) is 12.3 Å². The van der Waals surface area contributed by atoms with Crippen molar-refractivity contribution >= 4 is 22.6 Å². The van der Waals surface area contributed by atoms with Crippen molar-refractivity contribution in [3.05, 3.63) is 38.1 Å². The van der Waals surface area contributed by atoms with Gasteiger partial charge < -0.3 is 9.97 Å². The van der Waals surface area contributed by atoms with E-state index in [-0.39, 0.29) is 5.15 Å². The Morgan fingerprint density at radius 3 is 2.46 bits per heavy atom. The Bertz CT molecular complexity index is 572. The molecule has 0 aliphatic rings. The van der Waals surface area contributed by atoms with E-state index in [0.717, 1.165) is 0 Å². The van der Waals surface area contributed by atoms with Crippen molar-refractivity contribution < 1.29 is 0 Å². The highest BCUT2D eigenvalue weighted by molar-refractivity contribution is 6.29. The summed E-state index contributed by atoms with van der Waals surface area (Å²) in [6.45, 7) is 0. The molecule has 0 unspecified atom stereocenters. The summed E-state index contributed by atoms with van der Waals surface area (Å²) in [5, 5.41) is 0.259. The minimum atomic E-state index is -0.699. The third-order valence-electron chi connectivity index (χ3n) is 1.57. The van der Waals surface area contributed by atoms with Gasteiger partial charge in [0.2, 0.25) is 0 Å². The summed E-state index contributed by atoms with van der Waals surface area (Å²) in [5.74, 6) is 0. The molecule has 0 atom stereocenters. The molecule has 2 aromatic rings. The third-order valence-corrected chi connectivity index (χ3v) is 1.78. The molecule has 66 valence electrons. The SMILES string of the molecule is O=c1[nH]c2cnc(Cl)cc2[nH]c1=O. The van der Waals surface area contributed by atoms with Crippen LogP contribution in [0.2, 0.25) is 5.15 Å². The Balaban J connectivity index is 2.97. The molecule has 2 aromatic heterocycles. The van der Waals surface area contributed by atoms with Crippen LogP contribution in [0.25, 0.3) is 11.0 Å². The smallest absolute Gasteiger partial charge is 0.314 e. The second-order valence-corrected chi connectivity index (χ2v) is 2.85. The van der Waals surface area contributed by atoms with Crippen LogP contribution >= 0.6 is 11.6 Å². The first-order valence-corrected chi connectivity index (χ1v) is 3.82. The van der Waals surface area contributed by atoms with Gasteiger partial charge in [-0.1, -0.05) is 11.6 Å². The fourth-order valence-corrected chi connectivity index (χ4v) is 1.15.